The van der Waals surface area contributed by atoms with Crippen molar-refractivity contribution in [2.45, 2.75) is 82.6 Å². The zero-order valence-corrected chi connectivity index (χ0v) is 19.3. The first kappa shape index (κ1) is 21.5. The Morgan fingerprint density at radius 2 is 1.76 bits per heavy atom. The van der Waals surface area contributed by atoms with Gasteiger partial charge in [0.25, 0.3) is 0 Å². The standard InChI is InChI=1S/C23H33BrO5/c1-13(25)29-12-19(27)23(28)11-7-16-14-4-5-17-20(24)18(26)8-9-21(17,2)15(14)6-10-22(16,23)3/h14-17,20,28H,4-12H2,1-3H3/t14-,15+,16+,17-,20-,21-,22+,23+/m1/s1. The molecular formula is C23H33BrO5. The Bertz CT molecular complexity index is 737. The number of ketones is 2. The minimum Gasteiger partial charge on any atom is -0.458 e. The fraction of sp³-hybridized carbons (Fsp3) is 0.870. The number of hydrogen-bond acceptors (Lipinski definition) is 5. The lowest BCUT2D eigenvalue weighted by molar-refractivity contribution is -0.175. The summed E-state index contributed by atoms with van der Waals surface area (Å²) in [6, 6.07) is 0. The van der Waals surface area contributed by atoms with E-state index in [1.54, 1.807) is 0 Å². The highest BCUT2D eigenvalue weighted by molar-refractivity contribution is 9.10. The number of carbonyl (C=O) groups is 3. The van der Waals surface area contributed by atoms with Crippen LogP contribution in [-0.2, 0) is 19.1 Å². The predicted molar refractivity (Wildman–Crippen MR) is 111 cm³/mol. The highest BCUT2D eigenvalue weighted by Gasteiger charge is 2.67. The molecule has 6 heteroatoms. The predicted octanol–water partition coefficient (Wildman–Crippen LogP) is 3.83. The normalized spacial score (nSPS) is 49.0. The van der Waals surface area contributed by atoms with E-state index in [4.69, 9.17) is 4.74 Å². The molecule has 0 spiro atoms. The number of alkyl halides is 1. The lowest BCUT2D eigenvalue weighted by atomic mass is 9.44. The van der Waals surface area contributed by atoms with Gasteiger partial charge in [-0.1, -0.05) is 29.8 Å². The minimum absolute atomic E-state index is 0.0265. The Morgan fingerprint density at radius 1 is 1.07 bits per heavy atom. The van der Waals surface area contributed by atoms with E-state index in [1.807, 2.05) is 0 Å². The van der Waals surface area contributed by atoms with E-state index >= 15 is 0 Å². The van der Waals surface area contributed by atoms with Crippen LogP contribution in [0, 0.1) is 34.5 Å². The van der Waals surface area contributed by atoms with Gasteiger partial charge in [0, 0.05) is 18.8 Å². The van der Waals surface area contributed by atoms with Crippen LogP contribution >= 0.6 is 15.9 Å². The summed E-state index contributed by atoms with van der Waals surface area (Å²) in [5.41, 5.74) is -1.72. The molecule has 0 aromatic carbocycles. The first-order valence-electron chi connectivity index (χ1n) is 11.1. The fourth-order valence-corrected chi connectivity index (χ4v) is 8.95. The molecule has 0 radical (unpaired) electrons. The van der Waals surface area contributed by atoms with E-state index in [0.717, 1.165) is 38.5 Å². The molecule has 162 valence electrons. The van der Waals surface area contributed by atoms with E-state index < -0.39 is 17.0 Å². The number of hydrogen-bond donors (Lipinski definition) is 1. The van der Waals surface area contributed by atoms with Crippen LogP contribution in [0.15, 0.2) is 0 Å². The Hall–Kier alpha value is -0.750. The van der Waals surface area contributed by atoms with Gasteiger partial charge < -0.3 is 9.84 Å². The third kappa shape index (κ3) is 2.99. The van der Waals surface area contributed by atoms with Crippen molar-refractivity contribution >= 4 is 33.5 Å². The molecule has 4 fully saturated rings. The summed E-state index contributed by atoms with van der Waals surface area (Å²) in [4.78, 5) is 36.3. The van der Waals surface area contributed by atoms with Crippen LogP contribution in [0.1, 0.15) is 72.1 Å². The molecule has 4 aliphatic rings. The molecule has 0 saturated heterocycles. The molecule has 4 rings (SSSR count). The highest BCUT2D eigenvalue weighted by atomic mass is 79.9. The first-order valence-corrected chi connectivity index (χ1v) is 12.0. The van der Waals surface area contributed by atoms with Gasteiger partial charge in [-0.25, -0.2) is 0 Å². The highest BCUT2D eigenvalue weighted by Crippen LogP contribution is 2.68. The van der Waals surface area contributed by atoms with Crippen LogP contribution in [0.2, 0.25) is 0 Å². The second-order valence-electron chi connectivity index (χ2n) is 10.5. The molecule has 0 amide bonds. The van der Waals surface area contributed by atoms with Gasteiger partial charge in [0.2, 0.25) is 5.78 Å². The van der Waals surface area contributed by atoms with Gasteiger partial charge in [-0.3, -0.25) is 14.4 Å². The van der Waals surface area contributed by atoms with E-state index in [9.17, 15) is 19.5 Å². The fourth-order valence-electron chi connectivity index (χ4n) is 7.85. The topological polar surface area (TPSA) is 80.7 Å². The summed E-state index contributed by atoms with van der Waals surface area (Å²) < 4.78 is 4.94. The molecule has 5 nitrogen and oxygen atoms in total. The first-order chi connectivity index (χ1) is 13.5. The Labute approximate surface area is 181 Å². The minimum atomic E-state index is -1.41. The van der Waals surface area contributed by atoms with E-state index in [0.29, 0.717) is 42.3 Å². The van der Waals surface area contributed by atoms with E-state index in [1.165, 1.54) is 6.92 Å². The smallest absolute Gasteiger partial charge is 0.303 e. The van der Waals surface area contributed by atoms with E-state index in [-0.39, 0.29) is 22.6 Å². The van der Waals surface area contributed by atoms with E-state index in [2.05, 4.69) is 29.8 Å². The summed E-state index contributed by atoms with van der Waals surface area (Å²) in [5.74, 6) is 1.22. The van der Waals surface area contributed by atoms with Gasteiger partial charge in [0.15, 0.2) is 6.61 Å². The summed E-state index contributed by atoms with van der Waals surface area (Å²) in [6.45, 7) is 5.41. The van der Waals surface area contributed by atoms with Gasteiger partial charge in [-0.05, 0) is 74.0 Å². The SMILES string of the molecule is CC(=O)OCC(=O)[C@@]1(O)CC[C@H]2[C@@H]3CC[C@@H]4[C@@H](Br)C(=O)CC[C@]4(C)[C@H]3CC[C@@]21C. The lowest BCUT2D eigenvalue weighted by Gasteiger charge is -2.61. The van der Waals surface area contributed by atoms with Crippen molar-refractivity contribution in [2.75, 3.05) is 6.61 Å². The molecule has 0 heterocycles. The van der Waals surface area contributed by atoms with Crippen LogP contribution in [0.3, 0.4) is 0 Å². The molecule has 29 heavy (non-hydrogen) atoms. The lowest BCUT2D eigenvalue weighted by Crippen LogP contribution is -2.60. The zero-order valence-electron chi connectivity index (χ0n) is 17.7. The summed E-state index contributed by atoms with van der Waals surface area (Å²) in [5, 5.41) is 11.5. The number of Topliss-reactive ketones (excluding diaryl/α,β-unsaturated/α-hetero) is 2. The molecular weight excluding hydrogens is 436 g/mol. The second kappa shape index (κ2) is 7.15. The molecule has 0 bridgehead atoms. The van der Waals surface area contributed by atoms with Crippen molar-refractivity contribution in [1.82, 2.24) is 0 Å². The Balaban J connectivity index is 1.59. The van der Waals surface area contributed by atoms with Crippen molar-refractivity contribution in [2.24, 2.45) is 34.5 Å². The quantitative estimate of drug-likeness (QED) is 0.502. The van der Waals surface area contributed by atoms with Crippen LogP contribution < -0.4 is 0 Å². The second-order valence-corrected chi connectivity index (χ2v) is 11.5. The van der Waals surface area contributed by atoms with Crippen molar-refractivity contribution in [3.63, 3.8) is 0 Å². The molecule has 0 aromatic rings. The summed E-state index contributed by atoms with van der Waals surface area (Å²) in [7, 11) is 0. The third-order valence-electron chi connectivity index (χ3n) is 9.53. The molecule has 4 saturated carbocycles. The Morgan fingerprint density at radius 3 is 2.45 bits per heavy atom. The molecule has 0 aromatic heterocycles. The van der Waals surface area contributed by atoms with Crippen molar-refractivity contribution in [3.05, 3.63) is 0 Å². The molecule has 0 aliphatic heterocycles. The van der Waals surface area contributed by atoms with Crippen LogP contribution in [0.4, 0.5) is 0 Å². The molecule has 4 aliphatic carbocycles. The van der Waals surface area contributed by atoms with Gasteiger partial charge in [-0.2, -0.15) is 0 Å². The third-order valence-corrected chi connectivity index (χ3v) is 10.7. The maximum absolute atomic E-state index is 12.9. The van der Waals surface area contributed by atoms with Gasteiger partial charge in [0.05, 0.1) is 4.83 Å². The maximum atomic E-state index is 12.9. The Kier molecular flexibility index (Phi) is 5.30. The average Bonchev–Trinajstić information content (AvgIpc) is 2.95. The van der Waals surface area contributed by atoms with Crippen molar-refractivity contribution in [1.29, 1.82) is 0 Å². The summed E-state index contributed by atoms with van der Waals surface area (Å²) in [6.07, 6.45) is 6.80. The van der Waals surface area contributed by atoms with Crippen LogP contribution in [0.25, 0.3) is 0 Å². The number of rotatable bonds is 3. The number of esters is 1. The molecule has 8 atom stereocenters. The number of ether oxygens (including phenoxy) is 1. The van der Waals surface area contributed by atoms with Gasteiger partial charge in [-0.15, -0.1) is 0 Å². The molecule has 1 N–H and O–H groups in total. The number of aliphatic hydroxyl groups is 1. The van der Waals surface area contributed by atoms with Crippen molar-refractivity contribution < 1.29 is 24.2 Å². The van der Waals surface area contributed by atoms with Gasteiger partial charge >= 0.3 is 5.97 Å². The number of halogens is 1. The number of fused-ring (bicyclic) bond motifs is 5. The summed E-state index contributed by atoms with van der Waals surface area (Å²) >= 11 is 3.70. The number of carbonyl (C=O) groups excluding carboxylic acids is 3. The largest absolute Gasteiger partial charge is 0.458 e. The monoisotopic (exact) mass is 468 g/mol. The maximum Gasteiger partial charge on any atom is 0.303 e. The van der Waals surface area contributed by atoms with Crippen LogP contribution in [-0.4, -0.2) is 39.7 Å². The van der Waals surface area contributed by atoms with Crippen LogP contribution in [0.5, 0.6) is 0 Å². The zero-order chi connectivity index (χ0) is 21.2. The van der Waals surface area contributed by atoms with Crippen molar-refractivity contribution in [3.8, 4) is 0 Å². The van der Waals surface area contributed by atoms with Gasteiger partial charge in [0.1, 0.15) is 11.4 Å². The average molecular weight is 469 g/mol. The molecule has 0 unspecified atom stereocenters.